The van der Waals surface area contributed by atoms with Gasteiger partial charge < -0.3 is 5.32 Å². The summed E-state index contributed by atoms with van der Waals surface area (Å²) in [5.41, 5.74) is 4.61. The van der Waals surface area contributed by atoms with Crippen LogP contribution < -0.4 is 5.32 Å². The van der Waals surface area contributed by atoms with Crippen LogP contribution in [0.25, 0.3) is 16.7 Å². The van der Waals surface area contributed by atoms with Crippen LogP contribution in [0.5, 0.6) is 0 Å². The summed E-state index contributed by atoms with van der Waals surface area (Å²) in [5, 5.41) is 3.09. The number of aromatic nitrogens is 2. The van der Waals surface area contributed by atoms with E-state index in [4.69, 9.17) is 0 Å². The molecule has 1 saturated carbocycles. The maximum Gasteiger partial charge on any atom is 0.235 e. The number of carbonyl (C=O) groups is 1. The van der Waals surface area contributed by atoms with Crippen LogP contribution in [-0.4, -0.2) is 15.5 Å². The van der Waals surface area contributed by atoms with Gasteiger partial charge in [0.1, 0.15) is 6.33 Å². The highest BCUT2D eigenvalue weighted by Gasteiger charge is 2.51. The van der Waals surface area contributed by atoms with Gasteiger partial charge in [-0.3, -0.25) is 9.36 Å². The molecule has 0 bridgehead atoms. The van der Waals surface area contributed by atoms with E-state index in [9.17, 15) is 4.79 Å². The Balaban J connectivity index is 1.38. The van der Waals surface area contributed by atoms with E-state index < -0.39 is 0 Å². The molecule has 1 N–H and O–H groups in total. The third kappa shape index (κ3) is 2.70. The SMILES string of the molecule is O=C(Nc1ccc(-n2cnc3ccccc32)cc1)C1(c2ccccc2)CC1. The van der Waals surface area contributed by atoms with Crippen molar-refractivity contribution in [1.29, 1.82) is 0 Å². The van der Waals surface area contributed by atoms with Gasteiger partial charge in [0.25, 0.3) is 0 Å². The molecule has 1 amide bonds. The van der Waals surface area contributed by atoms with Crippen molar-refractivity contribution in [3.63, 3.8) is 0 Å². The van der Waals surface area contributed by atoms with Gasteiger partial charge in [-0.1, -0.05) is 42.5 Å². The Morgan fingerprint density at radius 3 is 2.33 bits per heavy atom. The molecule has 132 valence electrons. The second-order valence-corrected chi connectivity index (χ2v) is 7.05. The normalized spacial score (nSPS) is 14.8. The van der Waals surface area contributed by atoms with Gasteiger partial charge in [-0.15, -0.1) is 0 Å². The van der Waals surface area contributed by atoms with Crippen molar-refractivity contribution >= 4 is 22.6 Å². The van der Waals surface area contributed by atoms with Crippen molar-refractivity contribution in [3.8, 4) is 5.69 Å². The molecule has 0 aliphatic heterocycles. The Kier molecular flexibility index (Phi) is 3.57. The summed E-state index contributed by atoms with van der Waals surface area (Å²) in [5.74, 6) is 0.0783. The Bertz CT molecular complexity index is 1110. The molecular weight excluding hydrogens is 334 g/mol. The highest BCUT2D eigenvalue weighted by molar-refractivity contribution is 6.01. The highest BCUT2D eigenvalue weighted by Crippen LogP contribution is 2.48. The zero-order valence-electron chi connectivity index (χ0n) is 14.8. The number of hydrogen-bond donors (Lipinski definition) is 1. The second-order valence-electron chi connectivity index (χ2n) is 7.05. The van der Waals surface area contributed by atoms with Gasteiger partial charge in [-0.05, 0) is 54.8 Å². The van der Waals surface area contributed by atoms with E-state index >= 15 is 0 Å². The predicted octanol–water partition coefficient (Wildman–Crippen LogP) is 4.70. The summed E-state index contributed by atoms with van der Waals surface area (Å²) in [6, 6.07) is 26.0. The predicted molar refractivity (Wildman–Crippen MR) is 107 cm³/mol. The van der Waals surface area contributed by atoms with Gasteiger partial charge in [-0.2, -0.15) is 0 Å². The van der Waals surface area contributed by atoms with Crippen LogP contribution in [-0.2, 0) is 10.2 Å². The molecule has 5 rings (SSSR count). The van der Waals surface area contributed by atoms with Crippen molar-refractivity contribution < 1.29 is 4.79 Å². The molecule has 1 aliphatic rings. The summed E-state index contributed by atoms with van der Waals surface area (Å²) >= 11 is 0. The molecule has 4 aromatic rings. The average molecular weight is 353 g/mol. The van der Waals surface area contributed by atoms with Crippen molar-refractivity contribution in [2.24, 2.45) is 0 Å². The van der Waals surface area contributed by atoms with Gasteiger partial charge in [0, 0.05) is 11.4 Å². The minimum atomic E-state index is -0.361. The molecule has 1 fully saturated rings. The van der Waals surface area contributed by atoms with E-state index in [0.717, 1.165) is 40.8 Å². The first-order valence-corrected chi connectivity index (χ1v) is 9.16. The number of hydrogen-bond acceptors (Lipinski definition) is 2. The number of nitrogens with zero attached hydrogens (tertiary/aromatic N) is 2. The first-order valence-electron chi connectivity index (χ1n) is 9.16. The maximum absolute atomic E-state index is 12.9. The topological polar surface area (TPSA) is 46.9 Å². The quantitative estimate of drug-likeness (QED) is 0.578. The highest BCUT2D eigenvalue weighted by atomic mass is 16.2. The minimum absolute atomic E-state index is 0.0783. The van der Waals surface area contributed by atoms with Crippen LogP contribution in [0.1, 0.15) is 18.4 Å². The van der Waals surface area contributed by atoms with Gasteiger partial charge in [0.2, 0.25) is 5.91 Å². The van der Waals surface area contributed by atoms with Crippen molar-refractivity contribution in [2.45, 2.75) is 18.3 Å². The zero-order chi connectivity index (χ0) is 18.3. The third-order valence-corrected chi connectivity index (χ3v) is 5.37. The molecular formula is C23H19N3O. The summed E-state index contributed by atoms with van der Waals surface area (Å²) in [4.78, 5) is 17.3. The number of nitrogens with one attached hydrogen (secondary N) is 1. The first kappa shape index (κ1) is 15.8. The molecule has 3 aromatic carbocycles. The van der Waals surface area contributed by atoms with Crippen molar-refractivity contribution in [1.82, 2.24) is 9.55 Å². The maximum atomic E-state index is 12.9. The lowest BCUT2D eigenvalue weighted by molar-refractivity contribution is -0.118. The Hall–Kier alpha value is -3.40. The summed E-state index contributed by atoms with van der Waals surface area (Å²) in [6.07, 6.45) is 3.64. The number of carbonyl (C=O) groups excluding carboxylic acids is 1. The van der Waals surface area contributed by atoms with Crippen LogP contribution in [0.2, 0.25) is 0 Å². The van der Waals surface area contributed by atoms with Gasteiger partial charge in [0.05, 0.1) is 16.4 Å². The van der Waals surface area contributed by atoms with Gasteiger partial charge >= 0.3 is 0 Å². The van der Waals surface area contributed by atoms with E-state index in [1.54, 1.807) is 0 Å². The van der Waals surface area contributed by atoms with Gasteiger partial charge in [-0.25, -0.2) is 4.98 Å². The molecule has 0 unspecified atom stereocenters. The summed E-state index contributed by atoms with van der Waals surface area (Å²) < 4.78 is 2.05. The zero-order valence-corrected chi connectivity index (χ0v) is 14.8. The van der Waals surface area contributed by atoms with Crippen molar-refractivity contribution in [2.75, 3.05) is 5.32 Å². The van der Waals surface area contributed by atoms with E-state index in [2.05, 4.69) is 16.4 Å². The molecule has 0 saturated heterocycles. The molecule has 0 radical (unpaired) electrons. The fourth-order valence-electron chi connectivity index (χ4n) is 3.65. The monoisotopic (exact) mass is 353 g/mol. The number of benzene rings is 3. The molecule has 1 aliphatic carbocycles. The Labute approximate surface area is 157 Å². The lowest BCUT2D eigenvalue weighted by atomic mass is 9.95. The largest absolute Gasteiger partial charge is 0.325 e. The molecule has 4 nitrogen and oxygen atoms in total. The van der Waals surface area contributed by atoms with E-state index in [-0.39, 0.29) is 11.3 Å². The first-order chi connectivity index (χ1) is 13.3. The van der Waals surface area contributed by atoms with E-state index in [1.807, 2.05) is 83.7 Å². The molecule has 4 heteroatoms. The molecule has 0 spiro atoms. The van der Waals surface area contributed by atoms with Crippen LogP contribution in [0.4, 0.5) is 5.69 Å². The van der Waals surface area contributed by atoms with Crippen LogP contribution in [0.3, 0.4) is 0 Å². The number of para-hydroxylation sites is 2. The fraction of sp³-hybridized carbons (Fsp3) is 0.130. The lowest BCUT2D eigenvalue weighted by Crippen LogP contribution is -2.27. The molecule has 1 aromatic heterocycles. The van der Waals surface area contributed by atoms with E-state index in [1.165, 1.54) is 0 Å². The smallest absolute Gasteiger partial charge is 0.235 e. The number of amides is 1. The number of fused-ring (bicyclic) bond motifs is 1. The number of imidazole rings is 1. The molecule has 27 heavy (non-hydrogen) atoms. The van der Waals surface area contributed by atoms with Crippen LogP contribution in [0, 0.1) is 0 Å². The van der Waals surface area contributed by atoms with Crippen molar-refractivity contribution in [3.05, 3.63) is 90.8 Å². The van der Waals surface area contributed by atoms with E-state index in [0.29, 0.717) is 0 Å². The second kappa shape index (κ2) is 6.09. The molecule has 0 atom stereocenters. The van der Waals surface area contributed by atoms with Gasteiger partial charge in [0.15, 0.2) is 0 Å². The standard InChI is InChI=1S/C23H19N3O/c27-22(23(14-15-23)17-6-2-1-3-7-17)25-18-10-12-19(13-11-18)26-16-24-20-8-4-5-9-21(20)26/h1-13,16H,14-15H2,(H,25,27). The van der Waals surface area contributed by atoms with Crippen LogP contribution >= 0.6 is 0 Å². The third-order valence-electron chi connectivity index (χ3n) is 5.37. The van der Waals surface area contributed by atoms with Crippen LogP contribution in [0.15, 0.2) is 85.2 Å². The summed E-state index contributed by atoms with van der Waals surface area (Å²) in [6.45, 7) is 0. The summed E-state index contributed by atoms with van der Waals surface area (Å²) in [7, 11) is 0. The Morgan fingerprint density at radius 2 is 1.59 bits per heavy atom. The number of anilines is 1. The lowest BCUT2D eigenvalue weighted by Gasteiger charge is -2.16. The minimum Gasteiger partial charge on any atom is -0.325 e. The Morgan fingerprint density at radius 1 is 0.889 bits per heavy atom. The average Bonchev–Trinajstić information content (AvgIpc) is 3.43. The fourth-order valence-corrected chi connectivity index (χ4v) is 3.65. The number of rotatable bonds is 4. The molecule has 1 heterocycles.